The zero-order valence-electron chi connectivity index (χ0n) is 7.35. The maximum Gasteiger partial charge on any atom is 0.407 e. The summed E-state index contributed by atoms with van der Waals surface area (Å²) in [7, 11) is 0. The first kappa shape index (κ1) is 11.6. The van der Waals surface area contributed by atoms with E-state index in [1.807, 2.05) is 0 Å². The normalized spacial score (nSPS) is 13.9. The summed E-state index contributed by atoms with van der Waals surface area (Å²) in [6, 6.07) is -1.25. The van der Waals surface area contributed by atoms with Crippen molar-refractivity contribution in [1.29, 1.82) is 0 Å². The number of rotatable bonds is 1. The molecule has 3 nitrogen and oxygen atoms in total. The number of benzene rings is 1. The van der Waals surface area contributed by atoms with Gasteiger partial charge in [0.25, 0.3) is 0 Å². The summed E-state index contributed by atoms with van der Waals surface area (Å²) in [4.78, 5) is 0. The van der Waals surface area contributed by atoms with Gasteiger partial charge in [-0.2, -0.15) is 13.2 Å². The van der Waals surface area contributed by atoms with Crippen molar-refractivity contribution < 1.29 is 22.7 Å². The first-order valence-electron chi connectivity index (χ1n) is 3.83. The highest BCUT2D eigenvalue weighted by Gasteiger charge is 2.39. The van der Waals surface area contributed by atoms with E-state index in [0.29, 0.717) is 12.1 Å². The maximum absolute atomic E-state index is 12.7. The minimum Gasteiger partial charge on any atom is -0.505 e. The van der Waals surface area contributed by atoms with Gasteiger partial charge in [0.1, 0.15) is 17.6 Å². The van der Waals surface area contributed by atoms with E-state index >= 15 is 0 Å². The van der Waals surface area contributed by atoms with Crippen molar-refractivity contribution in [2.45, 2.75) is 12.2 Å². The van der Waals surface area contributed by atoms with E-state index in [9.17, 15) is 22.7 Å². The molecule has 0 spiro atoms. The number of nitrogen functional groups attached to an aromatic ring is 1. The lowest BCUT2D eigenvalue weighted by atomic mass is 10.0. The molecular formula is C8H8F4N2O. The van der Waals surface area contributed by atoms with Gasteiger partial charge >= 0.3 is 6.18 Å². The number of nitrogens with two attached hydrogens (primary N) is 2. The number of phenols is 1. The van der Waals surface area contributed by atoms with E-state index in [-0.39, 0.29) is 0 Å². The molecule has 1 atom stereocenters. The van der Waals surface area contributed by atoms with E-state index in [0.717, 1.165) is 0 Å². The van der Waals surface area contributed by atoms with Gasteiger partial charge in [-0.05, 0) is 6.07 Å². The topological polar surface area (TPSA) is 72.3 Å². The first-order valence-corrected chi connectivity index (χ1v) is 3.83. The van der Waals surface area contributed by atoms with Gasteiger partial charge in [-0.3, -0.25) is 0 Å². The van der Waals surface area contributed by atoms with Gasteiger partial charge in [0.05, 0.1) is 5.69 Å². The van der Waals surface area contributed by atoms with Gasteiger partial charge < -0.3 is 16.6 Å². The van der Waals surface area contributed by atoms with E-state index < -0.39 is 35.0 Å². The smallest absolute Gasteiger partial charge is 0.407 e. The Labute approximate surface area is 82.3 Å². The lowest BCUT2D eigenvalue weighted by Crippen LogP contribution is -2.28. The Morgan fingerprint density at radius 1 is 1.27 bits per heavy atom. The molecule has 0 heterocycles. The Kier molecular flexibility index (Phi) is 2.76. The maximum atomic E-state index is 12.7. The molecule has 0 aromatic heterocycles. The van der Waals surface area contributed by atoms with Crippen molar-refractivity contribution in [2.24, 2.45) is 5.73 Å². The molecule has 0 saturated carbocycles. The zero-order valence-corrected chi connectivity index (χ0v) is 7.35. The van der Waals surface area contributed by atoms with Crippen LogP contribution in [0.15, 0.2) is 12.1 Å². The second-order valence-electron chi connectivity index (χ2n) is 2.95. The fraction of sp³-hybridized carbons (Fsp3) is 0.250. The molecule has 0 aliphatic rings. The molecule has 1 aromatic carbocycles. The second-order valence-corrected chi connectivity index (χ2v) is 2.95. The molecule has 0 fully saturated rings. The van der Waals surface area contributed by atoms with Gasteiger partial charge in [-0.25, -0.2) is 4.39 Å². The van der Waals surface area contributed by atoms with Crippen molar-refractivity contribution in [3.63, 3.8) is 0 Å². The third-order valence-corrected chi connectivity index (χ3v) is 1.82. The Balaban J connectivity index is 3.25. The van der Waals surface area contributed by atoms with E-state index in [1.54, 1.807) is 0 Å². The summed E-state index contributed by atoms with van der Waals surface area (Å²) in [6.45, 7) is 0. The summed E-state index contributed by atoms with van der Waals surface area (Å²) < 4.78 is 49.3. The summed E-state index contributed by atoms with van der Waals surface area (Å²) in [5.41, 5.74) is 8.63. The summed E-state index contributed by atoms with van der Waals surface area (Å²) in [5.74, 6) is -1.83. The highest BCUT2D eigenvalue weighted by Crippen LogP contribution is 2.37. The van der Waals surface area contributed by atoms with Crippen LogP contribution in [0.3, 0.4) is 0 Å². The molecule has 84 valence electrons. The van der Waals surface area contributed by atoms with Gasteiger partial charge in [0, 0.05) is 11.6 Å². The molecule has 0 unspecified atom stereocenters. The SMILES string of the molecule is Nc1cc(F)cc([C@H](N)C(F)(F)F)c1O. The third-order valence-electron chi connectivity index (χ3n) is 1.82. The summed E-state index contributed by atoms with van der Waals surface area (Å²) in [6.07, 6.45) is -4.77. The number of hydrogen-bond donors (Lipinski definition) is 3. The highest BCUT2D eigenvalue weighted by atomic mass is 19.4. The molecule has 0 amide bonds. The minimum atomic E-state index is -4.77. The zero-order chi connectivity index (χ0) is 11.8. The minimum absolute atomic E-state index is 0.482. The molecule has 0 aliphatic heterocycles. The van der Waals surface area contributed by atoms with Gasteiger partial charge in [0.2, 0.25) is 0 Å². The van der Waals surface area contributed by atoms with Crippen LogP contribution in [0.25, 0.3) is 0 Å². The average molecular weight is 224 g/mol. The highest BCUT2D eigenvalue weighted by molar-refractivity contribution is 5.57. The number of anilines is 1. The molecule has 15 heavy (non-hydrogen) atoms. The number of phenolic OH excluding ortho intramolecular Hbond substituents is 1. The van der Waals surface area contributed by atoms with Crippen LogP contribution in [0.5, 0.6) is 5.75 Å². The first-order chi connectivity index (χ1) is 6.73. The molecule has 0 bridgehead atoms. The molecule has 0 radical (unpaired) electrons. The molecule has 1 rings (SSSR count). The van der Waals surface area contributed by atoms with Crippen molar-refractivity contribution in [3.05, 3.63) is 23.5 Å². The molecular weight excluding hydrogens is 216 g/mol. The second kappa shape index (κ2) is 3.58. The molecule has 0 aliphatic carbocycles. The number of aromatic hydroxyl groups is 1. The average Bonchev–Trinajstić information content (AvgIpc) is 2.08. The molecule has 1 aromatic rings. The van der Waals surface area contributed by atoms with Crippen LogP contribution >= 0.6 is 0 Å². The Morgan fingerprint density at radius 2 is 1.80 bits per heavy atom. The van der Waals surface area contributed by atoms with E-state index in [2.05, 4.69) is 0 Å². The van der Waals surface area contributed by atoms with Crippen LogP contribution in [-0.4, -0.2) is 11.3 Å². The lowest BCUT2D eigenvalue weighted by molar-refractivity contribution is -0.149. The van der Waals surface area contributed by atoms with Crippen molar-refractivity contribution in [3.8, 4) is 5.75 Å². The largest absolute Gasteiger partial charge is 0.505 e. The van der Waals surface area contributed by atoms with Crippen LogP contribution < -0.4 is 11.5 Å². The predicted molar refractivity (Wildman–Crippen MR) is 45.5 cm³/mol. The third kappa shape index (κ3) is 2.30. The fourth-order valence-electron chi connectivity index (χ4n) is 1.06. The van der Waals surface area contributed by atoms with Crippen LogP contribution in [0.1, 0.15) is 11.6 Å². The lowest BCUT2D eigenvalue weighted by Gasteiger charge is -2.17. The van der Waals surface area contributed by atoms with Crippen LogP contribution in [0.2, 0.25) is 0 Å². The standard InChI is InChI=1S/C8H8F4N2O/c9-3-1-4(6(15)5(13)2-3)7(14)8(10,11)12/h1-2,7,15H,13-14H2/t7-/m0/s1. The molecule has 5 N–H and O–H groups in total. The Morgan fingerprint density at radius 3 is 2.27 bits per heavy atom. The van der Waals surface area contributed by atoms with Crippen LogP contribution in [-0.2, 0) is 0 Å². The van der Waals surface area contributed by atoms with Crippen LogP contribution in [0.4, 0.5) is 23.2 Å². The number of hydrogen-bond acceptors (Lipinski definition) is 3. The Hall–Kier alpha value is -1.50. The van der Waals surface area contributed by atoms with Crippen molar-refractivity contribution in [2.75, 3.05) is 5.73 Å². The van der Waals surface area contributed by atoms with Crippen molar-refractivity contribution in [1.82, 2.24) is 0 Å². The van der Waals surface area contributed by atoms with E-state index in [4.69, 9.17) is 11.5 Å². The number of alkyl halides is 3. The van der Waals surface area contributed by atoms with Gasteiger partial charge in [-0.1, -0.05) is 0 Å². The van der Waals surface area contributed by atoms with Gasteiger partial charge in [0.15, 0.2) is 0 Å². The predicted octanol–water partition coefficient (Wildman–Crippen LogP) is 1.68. The summed E-state index contributed by atoms with van der Waals surface area (Å²) >= 11 is 0. The van der Waals surface area contributed by atoms with E-state index in [1.165, 1.54) is 0 Å². The Bertz CT molecular complexity index is 378. The summed E-state index contributed by atoms with van der Waals surface area (Å²) in [5, 5.41) is 9.18. The molecule has 7 heteroatoms. The quantitative estimate of drug-likeness (QED) is 0.386. The van der Waals surface area contributed by atoms with Crippen molar-refractivity contribution >= 4 is 5.69 Å². The van der Waals surface area contributed by atoms with Crippen LogP contribution in [0, 0.1) is 5.82 Å². The van der Waals surface area contributed by atoms with Gasteiger partial charge in [-0.15, -0.1) is 0 Å². The fourth-order valence-corrected chi connectivity index (χ4v) is 1.06. The molecule has 0 saturated heterocycles. The monoisotopic (exact) mass is 224 g/mol. The number of halogens is 4.